The van der Waals surface area contributed by atoms with E-state index >= 15 is 0 Å². The fraction of sp³-hybridized carbons (Fsp3) is 0.350. The second-order valence-corrected chi connectivity index (χ2v) is 6.34. The number of nitriles is 1. The van der Waals surface area contributed by atoms with Gasteiger partial charge < -0.3 is 0 Å². The third kappa shape index (κ3) is 2.53. The predicted octanol–water partition coefficient (Wildman–Crippen LogP) is 4.24. The first-order valence-corrected chi connectivity index (χ1v) is 7.92. The lowest BCUT2D eigenvalue weighted by Gasteiger charge is -2.29. The van der Waals surface area contributed by atoms with Crippen LogP contribution < -0.4 is 0 Å². The van der Waals surface area contributed by atoms with E-state index in [0.29, 0.717) is 11.8 Å². The molecule has 2 aromatic rings. The molecule has 0 heterocycles. The van der Waals surface area contributed by atoms with Gasteiger partial charge in [-0.1, -0.05) is 74.5 Å². The SMILES string of the molecule is C[C@@H]1[C@H](C)C1(C#N)N(Cc1ccccc1)Cc1ccccc1. The minimum Gasteiger partial charge on any atom is -0.276 e. The molecule has 0 bridgehead atoms. The van der Waals surface area contributed by atoms with Crippen LogP contribution in [0, 0.1) is 23.2 Å². The fourth-order valence-corrected chi connectivity index (χ4v) is 3.53. The standard InChI is InChI=1S/C20H22N2/c1-16-17(2)20(16,15-21)22(13-18-9-5-3-6-10-18)14-19-11-7-4-8-12-19/h3-12,16-17H,13-14H2,1-2H3/t16-,17+,20?. The molecule has 0 radical (unpaired) electrons. The fourth-order valence-electron chi connectivity index (χ4n) is 3.53. The van der Waals surface area contributed by atoms with Gasteiger partial charge in [-0.25, -0.2) is 0 Å². The van der Waals surface area contributed by atoms with Crippen molar-refractivity contribution < 1.29 is 0 Å². The van der Waals surface area contributed by atoms with Crippen LogP contribution >= 0.6 is 0 Å². The lowest BCUT2D eigenvalue weighted by atomic mass is 10.1. The Balaban J connectivity index is 1.88. The molecule has 1 saturated carbocycles. The zero-order valence-corrected chi connectivity index (χ0v) is 13.2. The Morgan fingerprint density at radius 3 is 1.59 bits per heavy atom. The highest BCUT2D eigenvalue weighted by atomic mass is 15.2. The summed E-state index contributed by atoms with van der Waals surface area (Å²) >= 11 is 0. The van der Waals surface area contributed by atoms with E-state index in [0.717, 1.165) is 13.1 Å². The maximum atomic E-state index is 9.83. The molecule has 0 spiro atoms. The highest BCUT2D eigenvalue weighted by Gasteiger charge is 2.63. The van der Waals surface area contributed by atoms with Crippen LogP contribution in [0.2, 0.25) is 0 Å². The summed E-state index contributed by atoms with van der Waals surface area (Å²) in [6.45, 7) is 6.02. The molecule has 1 aliphatic rings. The first-order chi connectivity index (χ1) is 10.7. The molecule has 1 aliphatic carbocycles. The third-order valence-corrected chi connectivity index (χ3v) is 5.16. The second kappa shape index (κ2) is 5.94. The van der Waals surface area contributed by atoms with Crippen molar-refractivity contribution in [2.45, 2.75) is 32.5 Å². The van der Waals surface area contributed by atoms with Crippen molar-refractivity contribution in [2.75, 3.05) is 0 Å². The molecular formula is C20H22N2. The molecule has 3 atom stereocenters. The van der Waals surface area contributed by atoms with Crippen molar-refractivity contribution in [1.29, 1.82) is 5.26 Å². The van der Waals surface area contributed by atoms with Gasteiger partial charge in [0.1, 0.15) is 5.54 Å². The average molecular weight is 290 g/mol. The van der Waals surface area contributed by atoms with Gasteiger partial charge in [0.15, 0.2) is 0 Å². The summed E-state index contributed by atoms with van der Waals surface area (Å²) < 4.78 is 0. The second-order valence-electron chi connectivity index (χ2n) is 6.34. The Morgan fingerprint density at radius 2 is 1.27 bits per heavy atom. The van der Waals surface area contributed by atoms with E-state index in [1.807, 2.05) is 12.1 Å². The predicted molar refractivity (Wildman–Crippen MR) is 88.8 cm³/mol. The summed E-state index contributed by atoms with van der Waals surface area (Å²) in [4.78, 5) is 2.35. The summed E-state index contributed by atoms with van der Waals surface area (Å²) in [6.07, 6.45) is 0. The lowest BCUT2D eigenvalue weighted by molar-refractivity contribution is 0.179. The summed E-state index contributed by atoms with van der Waals surface area (Å²) in [7, 11) is 0. The monoisotopic (exact) mass is 290 g/mol. The van der Waals surface area contributed by atoms with Crippen LogP contribution in [-0.4, -0.2) is 10.4 Å². The Kier molecular flexibility index (Phi) is 4.00. The molecule has 2 aromatic carbocycles. The van der Waals surface area contributed by atoms with Gasteiger partial charge in [-0.3, -0.25) is 4.90 Å². The normalized spacial score (nSPS) is 26.6. The van der Waals surface area contributed by atoms with Crippen LogP contribution in [0.5, 0.6) is 0 Å². The summed E-state index contributed by atoms with van der Waals surface area (Å²) in [5, 5.41) is 9.83. The van der Waals surface area contributed by atoms with Crippen molar-refractivity contribution in [2.24, 2.45) is 11.8 Å². The number of hydrogen-bond acceptors (Lipinski definition) is 2. The van der Waals surface area contributed by atoms with Gasteiger partial charge in [-0.15, -0.1) is 0 Å². The largest absolute Gasteiger partial charge is 0.276 e. The number of hydrogen-bond donors (Lipinski definition) is 0. The van der Waals surface area contributed by atoms with Crippen molar-refractivity contribution >= 4 is 0 Å². The van der Waals surface area contributed by atoms with Crippen LogP contribution in [0.3, 0.4) is 0 Å². The minimum absolute atomic E-state index is 0.328. The van der Waals surface area contributed by atoms with E-state index in [2.05, 4.69) is 73.3 Å². The van der Waals surface area contributed by atoms with Crippen LogP contribution in [0.15, 0.2) is 60.7 Å². The molecule has 0 N–H and O–H groups in total. The van der Waals surface area contributed by atoms with Crippen molar-refractivity contribution in [3.05, 3.63) is 71.8 Å². The number of rotatable bonds is 5. The van der Waals surface area contributed by atoms with E-state index in [1.54, 1.807) is 0 Å². The summed E-state index contributed by atoms with van der Waals surface area (Å²) in [5.41, 5.74) is 2.20. The van der Waals surface area contributed by atoms with Gasteiger partial charge in [-0.05, 0) is 23.0 Å². The maximum absolute atomic E-state index is 9.83. The smallest absolute Gasteiger partial charge is 0.115 e. The first-order valence-electron chi connectivity index (χ1n) is 7.92. The molecule has 2 nitrogen and oxygen atoms in total. The molecule has 1 fully saturated rings. The molecule has 0 aliphatic heterocycles. The Labute approximate surface area is 133 Å². The topological polar surface area (TPSA) is 27.0 Å². The van der Waals surface area contributed by atoms with Gasteiger partial charge >= 0.3 is 0 Å². The Morgan fingerprint density at radius 1 is 0.864 bits per heavy atom. The lowest BCUT2D eigenvalue weighted by Crippen LogP contribution is -2.38. The van der Waals surface area contributed by atoms with Gasteiger partial charge in [0.2, 0.25) is 0 Å². The highest BCUT2D eigenvalue weighted by Crippen LogP contribution is 2.54. The van der Waals surface area contributed by atoms with Crippen molar-refractivity contribution in [1.82, 2.24) is 4.90 Å². The van der Waals surface area contributed by atoms with Crippen LogP contribution in [0.1, 0.15) is 25.0 Å². The van der Waals surface area contributed by atoms with Gasteiger partial charge in [0, 0.05) is 13.1 Å². The van der Waals surface area contributed by atoms with Crippen molar-refractivity contribution in [3.63, 3.8) is 0 Å². The number of nitrogens with zero attached hydrogens (tertiary/aromatic N) is 2. The average Bonchev–Trinajstić information content (AvgIpc) is 3.10. The third-order valence-electron chi connectivity index (χ3n) is 5.16. The van der Waals surface area contributed by atoms with E-state index in [4.69, 9.17) is 0 Å². The maximum Gasteiger partial charge on any atom is 0.115 e. The molecule has 0 amide bonds. The van der Waals surface area contributed by atoms with Crippen molar-refractivity contribution in [3.8, 4) is 6.07 Å². The molecular weight excluding hydrogens is 268 g/mol. The van der Waals surface area contributed by atoms with Gasteiger partial charge in [0.25, 0.3) is 0 Å². The van der Waals surface area contributed by atoms with E-state index in [-0.39, 0.29) is 5.54 Å². The van der Waals surface area contributed by atoms with E-state index in [1.165, 1.54) is 11.1 Å². The quantitative estimate of drug-likeness (QED) is 0.823. The first kappa shape index (κ1) is 14.8. The van der Waals surface area contributed by atoms with Gasteiger partial charge in [-0.2, -0.15) is 5.26 Å². The van der Waals surface area contributed by atoms with E-state index < -0.39 is 0 Å². The Hall–Kier alpha value is -2.11. The molecule has 0 aromatic heterocycles. The van der Waals surface area contributed by atoms with Crippen LogP contribution in [0.4, 0.5) is 0 Å². The molecule has 22 heavy (non-hydrogen) atoms. The molecule has 1 unspecified atom stereocenters. The molecule has 0 saturated heterocycles. The summed E-state index contributed by atoms with van der Waals surface area (Å²) in [5.74, 6) is 0.842. The zero-order chi connectivity index (χ0) is 15.6. The molecule has 3 rings (SSSR count). The number of benzene rings is 2. The van der Waals surface area contributed by atoms with Crippen LogP contribution in [0.25, 0.3) is 0 Å². The molecule has 2 heteroatoms. The minimum atomic E-state index is -0.328. The Bertz CT molecular complexity index is 608. The molecule has 112 valence electrons. The van der Waals surface area contributed by atoms with Crippen LogP contribution in [-0.2, 0) is 13.1 Å². The summed E-state index contributed by atoms with van der Waals surface area (Å²) in [6, 6.07) is 23.5. The van der Waals surface area contributed by atoms with E-state index in [9.17, 15) is 5.26 Å². The highest BCUT2D eigenvalue weighted by molar-refractivity contribution is 5.30. The van der Waals surface area contributed by atoms with Gasteiger partial charge in [0.05, 0.1) is 6.07 Å². The zero-order valence-electron chi connectivity index (χ0n) is 13.2.